The van der Waals surface area contributed by atoms with Gasteiger partial charge in [0.1, 0.15) is 12.4 Å². The number of carbonyl (C=O) groups is 1. The van der Waals surface area contributed by atoms with Crippen LogP contribution in [0.3, 0.4) is 0 Å². The van der Waals surface area contributed by atoms with E-state index in [4.69, 9.17) is 18.9 Å². The lowest BCUT2D eigenvalue weighted by Gasteiger charge is -2.19. The Labute approximate surface area is 224 Å². The predicted molar refractivity (Wildman–Crippen MR) is 148 cm³/mol. The van der Waals surface area contributed by atoms with Gasteiger partial charge < -0.3 is 18.9 Å². The SMILES string of the molecule is COc1ccc(CCNC(OCc2ccccc2)C(=O)c2cccc(OCc3ccccc3)c2)cc1OC. The van der Waals surface area contributed by atoms with E-state index in [0.717, 1.165) is 16.7 Å². The Balaban J connectivity index is 1.43. The van der Waals surface area contributed by atoms with Gasteiger partial charge in [-0.15, -0.1) is 0 Å². The highest BCUT2D eigenvalue weighted by molar-refractivity contribution is 5.99. The molecule has 0 spiro atoms. The van der Waals surface area contributed by atoms with Crippen LogP contribution in [0.5, 0.6) is 17.2 Å². The number of Topliss-reactive ketones (excluding diaryl/α,β-unsaturated/α-hetero) is 1. The summed E-state index contributed by atoms with van der Waals surface area (Å²) in [7, 11) is 3.23. The van der Waals surface area contributed by atoms with Crippen molar-refractivity contribution in [3.8, 4) is 17.2 Å². The average Bonchev–Trinajstić information content (AvgIpc) is 2.98. The summed E-state index contributed by atoms with van der Waals surface area (Å²) >= 11 is 0. The lowest BCUT2D eigenvalue weighted by Crippen LogP contribution is -2.40. The van der Waals surface area contributed by atoms with Crippen LogP contribution in [-0.2, 0) is 24.4 Å². The summed E-state index contributed by atoms with van der Waals surface area (Å²) in [6.07, 6.45) is -0.140. The minimum atomic E-state index is -0.820. The van der Waals surface area contributed by atoms with Crippen LogP contribution in [0.25, 0.3) is 0 Å². The van der Waals surface area contributed by atoms with Gasteiger partial charge in [0, 0.05) is 12.1 Å². The Morgan fingerprint density at radius 3 is 2.08 bits per heavy atom. The molecule has 38 heavy (non-hydrogen) atoms. The van der Waals surface area contributed by atoms with E-state index in [9.17, 15) is 4.79 Å². The molecule has 0 saturated heterocycles. The highest BCUT2D eigenvalue weighted by Crippen LogP contribution is 2.27. The van der Waals surface area contributed by atoms with Gasteiger partial charge in [-0.25, -0.2) is 0 Å². The third-order valence-electron chi connectivity index (χ3n) is 6.06. The molecule has 0 aliphatic rings. The summed E-state index contributed by atoms with van der Waals surface area (Å²) in [5.41, 5.74) is 3.63. The Bertz CT molecular complexity index is 1290. The molecule has 4 aromatic carbocycles. The van der Waals surface area contributed by atoms with Gasteiger partial charge in [0.2, 0.25) is 5.78 Å². The number of hydrogen-bond donors (Lipinski definition) is 1. The van der Waals surface area contributed by atoms with Crippen molar-refractivity contribution in [1.82, 2.24) is 5.32 Å². The molecule has 0 aliphatic heterocycles. The van der Waals surface area contributed by atoms with Crippen molar-refractivity contribution < 1.29 is 23.7 Å². The summed E-state index contributed by atoms with van der Waals surface area (Å²) < 4.78 is 22.8. The van der Waals surface area contributed by atoms with Crippen molar-refractivity contribution in [3.63, 3.8) is 0 Å². The van der Waals surface area contributed by atoms with Gasteiger partial charge in [0.05, 0.1) is 20.8 Å². The summed E-state index contributed by atoms with van der Waals surface area (Å²) in [4.78, 5) is 13.5. The average molecular weight is 512 g/mol. The van der Waals surface area contributed by atoms with E-state index in [1.165, 1.54) is 0 Å². The second-order valence-electron chi connectivity index (χ2n) is 8.74. The minimum absolute atomic E-state index is 0.154. The molecular formula is C32H33NO5. The highest BCUT2D eigenvalue weighted by atomic mass is 16.5. The van der Waals surface area contributed by atoms with Crippen molar-refractivity contribution in [2.75, 3.05) is 20.8 Å². The van der Waals surface area contributed by atoms with Crippen molar-refractivity contribution in [2.45, 2.75) is 25.9 Å². The molecule has 4 rings (SSSR count). The van der Waals surface area contributed by atoms with Crippen LogP contribution in [0.15, 0.2) is 103 Å². The molecule has 0 aromatic heterocycles. The van der Waals surface area contributed by atoms with E-state index in [-0.39, 0.29) is 5.78 Å². The number of nitrogens with one attached hydrogen (secondary N) is 1. The molecule has 0 fully saturated rings. The molecule has 0 bridgehead atoms. The van der Waals surface area contributed by atoms with Gasteiger partial charge in [-0.2, -0.15) is 0 Å². The van der Waals surface area contributed by atoms with Gasteiger partial charge in [0.15, 0.2) is 17.7 Å². The maximum absolute atomic E-state index is 13.5. The molecule has 0 radical (unpaired) electrons. The predicted octanol–water partition coefficient (Wildman–Crippen LogP) is 5.84. The maximum Gasteiger partial charge on any atom is 0.206 e. The Morgan fingerprint density at radius 2 is 1.39 bits per heavy atom. The highest BCUT2D eigenvalue weighted by Gasteiger charge is 2.21. The first-order chi connectivity index (χ1) is 18.7. The lowest BCUT2D eigenvalue weighted by atomic mass is 10.1. The number of benzene rings is 4. The first kappa shape index (κ1) is 26.9. The fourth-order valence-corrected chi connectivity index (χ4v) is 4.00. The van der Waals surface area contributed by atoms with Crippen molar-refractivity contribution in [1.29, 1.82) is 0 Å². The summed E-state index contributed by atoms with van der Waals surface area (Å²) in [6, 6.07) is 32.8. The Hall–Kier alpha value is -4.13. The molecule has 6 heteroatoms. The summed E-state index contributed by atoms with van der Waals surface area (Å²) in [5, 5.41) is 3.30. The van der Waals surface area contributed by atoms with Crippen LogP contribution < -0.4 is 19.5 Å². The molecule has 0 saturated carbocycles. The number of ether oxygens (including phenoxy) is 4. The van der Waals surface area contributed by atoms with Crippen LogP contribution in [0.4, 0.5) is 0 Å². The van der Waals surface area contributed by atoms with E-state index in [1.54, 1.807) is 26.4 Å². The summed E-state index contributed by atoms with van der Waals surface area (Å²) in [5.74, 6) is 1.83. The van der Waals surface area contributed by atoms with Crippen molar-refractivity contribution in [3.05, 3.63) is 125 Å². The quantitative estimate of drug-likeness (QED) is 0.169. The van der Waals surface area contributed by atoms with Crippen LogP contribution in [0, 0.1) is 0 Å². The fourth-order valence-electron chi connectivity index (χ4n) is 4.00. The van der Waals surface area contributed by atoms with E-state index >= 15 is 0 Å². The monoisotopic (exact) mass is 511 g/mol. The molecule has 1 N–H and O–H groups in total. The Morgan fingerprint density at radius 1 is 0.711 bits per heavy atom. The van der Waals surface area contributed by atoms with Crippen LogP contribution in [0.1, 0.15) is 27.0 Å². The number of ketones is 1. The molecule has 196 valence electrons. The molecule has 0 amide bonds. The number of hydrogen-bond acceptors (Lipinski definition) is 6. The number of methoxy groups -OCH3 is 2. The van der Waals surface area contributed by atoms with Crippen LogP contribution >= 0.6 is 0 Å². The molecule has 1 atom stereocenters. The zero-order valence-corrected chi connectivity index (χ0v) is 21.8. The largest absolute Gasteiger partial charge is 0.493 e. The lowest BCUT2D eigenvalue weighted by molar-refractivity contribution is 0.0198. The van der Waals surface area contributed by atoms with E-state index in [0.29, 0.717) is 49.0 Å². The molecule has 6 nitrogen and oxygen atoms in total. The minimum Gasteiger partial charge on any atom is -0.493 e. The molecule has 4 aromatic rings. The van der Waals surface area contributed by atoms with E-state index in [1.807, 2.05) is 91.0 Å². The molecular weight excluding hydrogens is 478 g/mol. The van der Waals surface area contributed by atoms with Crippen LogP contribution in [-0.4, -0.2) is 32.8 Å². The second-order valence-corrected chi connectivity index (χ2v) is 8.74. The zero-order chi connectivity index (χ0) is 26.6. The van der Waals surface area contributed by atoms with Gasteiger partial charge in [-0.05, 0) is 47.4 Å². The van der Waals surface area contributed by atoms with E-state index in [2.05, 4.69) is 5.32 Å². The first-order valence-electron chi connectivity index (χ1n) is 12.6. The zero-order valence-electron chi connectivity index (χ0n) is 21.8. The van der Waals surface area contributed by atoms with Gasteiger partial charge >= 0.3 is 0 Å². The normalized spacial score (nSPS) is 11.5. The molecule has 0 aliphatic carbocycles. The van der Waals surface area contributed by atoms with Crippen LogP contribution in [0.2, 0.25) is 0 Å². The van der Waals surface area contributed by atoms with Gasteiger partial charge in [0.25, 0.3) is 0 Å². The number of rotatable bonds is 14. The first-order valence-corrected chi connectivity index (χ1v) is 12.6. The number of carbonyl (C=O) groups excluding carboxylic acids is 1. The third-order valence-corrected chi connectivity index (χ3v) is 6.06. The molecule has 0 heterocycles. The van der Waals surface area contributed by atoms with E-state index < -0.39 is 6.23 Å². The van der Waals surface area contributed by atoms with Gasteiger partial charge in [-0.3, -0.25) is 10.1 Å². The fraction of sp³-hybridized carbons (Fsp3) is 0.219. The van der Waals surface area contributed by atoms with Gasteiger partial charge in [-0.1, -0.05) is 78.9 Å². The van der Waals surface area contributed by atoms with Crippen molar-refractivity contribution >= 4 is 5.78 Å². The smallest absolute Gasteiger partial charge is 0.206 e. The standard InChI is InChI=1S/C32H33NO5/c1-35-29-17-16-24(20-30(29)36-2)18-19-33-32(38-23-26-12-7-4-8-13-26)31(34)27-14-9-15-28(21-27)37-22-25-10-5-3-6-11-25/h3-17,20-21,32-33H,18-19,22-23H2,1-2H3. The summed E-state index contributed by atoms with van der Waals surface area (Å²) in [6.45, 7) is 1.27. The molecule has 1 unspecified atom stereocenters. The Kier molecular flexibility index (Phi) is 9.90. The maximum atomic E-state index is 13.5. The van der Waals surface area contributed by atoms with Crippen molar-refractivity contribution in [2.24, 2.45) is 0 Å². The topological polar surface area (TPSA) is 66.0 Å². The third kappa shape index (κ3) is 7.68. The second kappa shape index (κ2) is 14.0.